The van der Waals surface area contributed by atoms with Crippen LogP contribution in [0.1, 0.15) is 49.5 Å². The largest absolute Gasteiger partial charge is 0.370 e. The number of guanidine groups is 1. The molecule has 1 unspecified atom stereocenters. The molecule has 144 valence electrons. The molecule has 26 heavy (non-hydrogen) atoms. The molecule has 0 aliphatic rings. The molecule has 0 fully saturated rings. The van der Waals surface area contributed by atoms with Gasteiger partial charge in [-0.15, -0.1) is 0 Å². The standard InChI is InChI=1S/C18H30N6O2/c1-11(2)24-17(26)14-8-13(9-22-10-14)7-12(3)16(25)15(19)5-4-6-23-18(20)21/h8-12,15H,4-7,19H2,1-3H3,(H,24,26)(H4,20,21,23)/t12?,15-/m0/s1. The fraction of sp³-hybridized carbons (Fsp3) is 0.556. The van der Waals surface area contributed by atoms with Crippen molar-refractivity contribution >= 4 is 17.6 Å². The Balaban J connectivity index is 2.58. The summed E-state index contributed by atoms with van der Waals surface area (Å²) >= 11 is 0. The third-order valence-electron chi connectivity index (χ3n) is 3.88. The molecular formula is C18H30N6O2. The number of amides is 1. The van der Waals surface area contributed by atoms with Crippen LogP contribution in [0.3, 0.4) is 0 Å². The zero-order valence-electron chi connectivity index (χ0n) is 15.7. The predicted octanol–water partition coefficient (Wildman–Crippen LogP) is 0.558. The number of nitrogens with two attached hydrogens (primary N) is 2. The van der Waals surface area contributed by atoms with Crippen molar-refractivity contribution in [1.29, 1.82) is 5.41 Å². The highest BCUT2D eigenvalue weighted by Crippen LogP contribution is 2.13. The summed E-state index contributed by atoms with van der Waals surface area (Å²) in [5.74, 6) is -0.559. The van der Waals surface area contributed by atoms with E-state index in [4.69, 9.17) is 16.9 Å². The van der Waals surface area contributed by atoms with Gasteiger partial charge in [-0.25, -0.2) is 0 Å². The first-order valence-electron chi connectivity index (χ1n) is 8.82. The lowest BCUT2D eigenvalue weighted by atomic mass is 9.91. The number of nitrogens with zero attached hydrogens (tertiary/aromatic N) is 1. The minimum atomic E-state index is -0.556. The van der Waals surface area contributed by atoms with Gasteiger partial charge in [0.05, 0.1) is 11.6 Å². The summed E-state index contributed by atoms with van der Waals surface area (Å²) in [5, 5.41) is 12.6. The second kappa shape index (κ2) is 10.5. The fourth-order valence-electron chi connectivity index (χ4n) is 2.58. The molecule has 0 bridgehead atoms. The highest BCUT2D eigenvalue weighted by Gasteiger charge is 2.21. The lowest BCUT2D eigenvalue weighted by Gasteiger charge is -2.17. The van der Waals surface area contributed by atoms with Crippen LogP contribution in [0, 0.1) is 11.3 Å². The summed E-state index contributed by atoms with van der Waals surface area (Å²) in [4.78, 5) is 28.6. The molecule has 0 saturated carbocycles. The monoisotopic (exact) mass is 362 g/mol. The second-order valence-corrected chi connectivity index (χ2v) is 6.81. The zero-order chi connectivity index (χ0) is 19.7. The summed E-state index contributed by atoms with van der Waals surface area (Å²) in [7, 11) is 0. The summed E-state index contributed by atoms with van der Waals surface area (Å²) in [6.07, 6.45) is 4.85. The Morgan fingerprint density at radius 3 is 2.58 bits per heavy atom. The van der Waals surface area contributed by atoms with E-state index in [1.807, 2.05) is 20.8 Å². The average Bonchev–Trinajstić information content (AvgIpc) is 2.57. The number of carbonyl (C=O) groups is 2. The van der Waals surface area contributed by atoms with Crippen LogP contribution < -0.4 is 22.1 Å². The fourth-order valence-corrected chi connectivity index (χ4v) is 2.58. The van der Waals surface area contributed by atoms with Crippen LogP contribution in [0.2, 0.25) is 0 Å². The van der Waals surface area contributed by atoms with Gasteiger partial charge in [0.15, 0.2) is 11.7 Å². The molecular weight excluding hydrogens is 332 g/mol. The van der Waals surface area contributed by atoms with Gasteiger partial charge in [0, 0.05) is 30.9 Å². The van der Waals surface area contributed by atoms with Crippen LogP contribution in [-0.4, -0.2) is 41.3 Å². The van der Waals surface area contributed by atoms with Crippen LogP contribution in [0.5, 0.6) is 0 Å². The number of hydrogen-bond donors (Lipinski definition) is 5. The van der Waals surface area contributed by atoms with Crippen LogP contribution in [0.25, 0.3) is 0 Å². The first-order chi connectivity index (χ1) is 12.2. The van der Waals surface area contributed by atoms with Gasteiger partial charge in [-0.1, -0.05) is 6.92 Å². The SMILES string of the molecule is CC(C)NC(=O)c1cncc(CC(C)C(=O)[C@@H](N)CCCNC(=N)N)c1. The Labute approximate surface area is 154 Å². The van der Waals surface area contributed by atoms with Crippen LogP contribution in [-0.2, 0) is 11.2 Å². The molecule has 1 aromatic heterocycles. The van der Waals surface area contributed by atoms with Gasteiger partial charge in [0.25, 0.3) is 5.91 Å². The third-order valence-corrected chi connectivity index (χ3v) is 3.88. The highest BCUT2D eigenvalue weighted by molar-refractivity contribution is 5.94. The molecule has 0 aliphatic carbocycles. The van der Waals surface area contributed by atoms with Crippen molar-refractivity contribution in [2.24, 2.45) is 17.4 Å². The molecule has 0 saturated heterocycles. The Morgan fingerprint density at radius 2 is 1.96 bits per heavy atom. The molecule has 8 heteroatoms. The smallest absolute Gasteiger partial charge is 0.253 e. The molecule has 0 radical (unpaired) electrons. The van der Waals surface area contributed by atoms with E-state index < -0.39 is 6.04 Å². The minimum Gasteiger partial charge on any atom is -0.370 e. The van der Waals surface area contributed by atoms with Gasteiger partial charge in [0.2, 0.25) is 0 Å². The van der Waals surface area contributed by atoms with Gasteiger partial charge >= 0.3 is 0 Å². The van der Waals surface area contributed by atoms with Crippen molar-refractivity contribution in [3.8, 4) is 0 Å². The summed E-state index contributed by atoms with van der Waals surface area (Å²) < 4.78 is 0. The topological polar surface area (TPSA) is 147 Å². The van der Waals surface area contributed by atoms with Crippen molar-refractivity contribution in [2.45, 2.75) is 52.1 Å². The van der Waals surface area contributed by atoms with E-state index in [0.29, 0.717) is 31.4 Å². The normalized spacial score (nSPS) is 13.1. The molecule has 7 N–H and O–H groups in total. The molecule has 8 nitrogen and oxygen atoms in total. The van der Waals surface area contributed by atoms with Gasteiger partial charge < -0.3 is 22.1 Å². The molecule has 1 heterocycles. The van der Waals surface area contributed by atoms with Gasteiger partial charge in [-0.3, -0.25) is 20.0 Å². The van der Waals surface area contributed by atoms with Crippen molar-refractivity contribution in [3.05, 3.63) is 29.6 Å². The van der Waals surface area contributed by atoms with Gasteiger partial charge in [-0.2, -0.15) is 0 Å². The molecule has 0 aliphatic heterocycles. The lowest BCUT2D eigenvalue weighted by molar-refractivity contribution is -0.123. The number of Topliss-reactive ketones (excluding diaryl/α,β-unsaturated/α-hetero) is 1. The quantitative estimate of drug-likeness (QED) is 0.233. The first-order valence-corrected chi connectivity index (χ1v) is 8.82. The molecule has 0 spiro atoms. The van der Waals surface area contributed by atoms with Gasteiger partial charge in [0.1, 0.15) is 0 Å². The second-order valence-electron chi connectivity index (χ2n) is 6.81. The maximum Gasteiger partial charge on any atom is 0.253 e. The van der Waals surface area contributed by atoms with E-state index in [0.717, 1.165) is 5.56 Å². The maximum atomic E-state index is 12.4. The van der Waals surface area contributed by atoms with Crippen molar-refractivity contribution in [3.63, 3.8) is 0 Å². The Morgan fingerprint density at radius 1 is 1.27 bits per heavy atom. The first kappa shape index (κ1) is 21.6. The Bertz CT molecular complexity index is 632. The number of ketones is 1. The molecule has 1 aromatic rings. The van der Waals surface area contributed by atoms with E-state index in [2.05, 4.69) is 15.6 Å². The number of hydrogen-bond acceptors (Lipinski definition) is 5. The predicted molar refractivity (Wildman–Crippen MR) is 102 cm³/mol. The summed E-state index contributed by atoms with van der Waals surface area (Å²) in [6, 6.07) is 1.25. The summed E-state index contributed by atoms with van der Waals surface area (Å²) in [5.41, 5.74) is 12.5. The van der Waals surface area contributed by atoms with Crippen LogP contribution >= 0.6 is 0 Å². The van der Waals surface area contributed by atoms with Crippen molar-refractivity contribution < 1.29 is 9.59 Å². The molecule has 0 aromatic carbocycles. The van der Waals surface area contributed by atoms with E-state index >= 15 is 0 Å². The van der Waals surface area contributed by atoms with E-state index in [9.17, 15) is 9.59 Å². The average molecular weight is 362 g/mol. The number of nitrogens with one attached hydrogen (secondary N) is 3. The Hall–Kier alpha value is -2.48. The van der Waals surface area contributed by atoms with Crippen LogP contribution in [0.15, 0.2) is 18.5 Å². The number of rotatable bonds is 10. The molecule has 2 atom stereocenters. The van der Waals surface area contributed by atoms with Crippen LogP contribution in [0.4, 0.5) is 0 Å². The lowest BCUT2D eigenvalue weighted by Crippen LogP contribution is -2.37. The van der Waals surface area contributed by atoms with Crippen molar-refractivity contribution in [2.75, 3.05) is 6.54 Å². The van der Waals surface area contributed by atoms with Gasteiger partial charge in [-0.05, 0) is 44.7 Å². The van der Waals surface area contributed by atoms with E-state index in [-0.39, 0.29) is 29.6 Å². The number of aromatic nitrogens is 1. The highest BCUT2D eigenvalue weighted by atomic mass is 16.1. The molecule has 1 rings (SSSR count). The third kappa shape index (κ3) is 7.60. The minimum absolute atomic E-state index is 0.0233. The summed E-state index contributed by atoms with van der Waals surface area (Å²) in [6.45, 7) is 6.13. The number of pyridine rings is 1. The Kier molecular flexibility index (Phi) is 8.71. The van der Waals surface area contributed by atoms with E-state index in [1.54, 1.807) is 12.3 Å². The molecule has 1 amide bonds. The van der Waals surface area contributed by atoms with Crippen molar-refractivity contribution in [1.82, 2.24) is 15.6 Å². The van der Waals surface area contributed by atoms with E-state index in [1.165, 1.54) is 6.20 Å². The number of carbonyl (C=O) groups excluding carboxylic acids is 2. The maximum absolute atomic E-state index is 12.4. The zero-order valence-corrected chi connectivity index (χ0v) is 15.7.